The van der Waals surface area contributed by atoms with Crippen LogP contribution >= 0.6 is 0 Å². The number of morpholine rings is 1. The largest absolute Gasteiger partial charge is 0.488 e. The lowest BCUT2D eigenvalue weighted by Crippen LogP contribution is -2.50. The SMILES string of the molecule is C[C@H](CO)N1C[C@H](C)[C@@H](CN(C)S(=O)(=O)c2cn(C)cn2)Oc2ccc(NC(=O)CCN3CCOCC3)cc2C1=O. The highest BCUT2D eigenvalue weighted by atomic mass is 32.2. The first-order valence-corrected chi connectivity index (χ1v) is 15.2. The Morgan fingerprint density at radius 1 is 1.29 bits per heavy atom. The molecular formula is C27H40N6O7S. The average Bonchev–Trinajstić information content (AvgIpc) is 3.41. The van der Waals surface area contributed by atoms with E-state index in [-0.39, 0.29) is 53.8 Å². The summed E-state index contributed by atoms with van der Waals surface area (Å²) in [5.41, 5.74) is 0.674. The maximum absolute atomic E-state index is 13.7. The van der Waals surface area contributed by atoms with Crippen LogP contribution in [-0.4, -0.2) is 121 Å². The smallest absolute Gasteiger partial charge is 0.261 e. The lowest BCUT2D eigenvalue weighted by Gasteiger charge is -2.38. The van der Waals surface area contributed by atoms with Crippen LogP contribution in [0.1, 0.15) is 30.6 Å². The van der Waals surface area contributed by atoms with E-state index in [9.17, 15) is 23.1 Å². The number of hydrogen-bond donors (Lipinski definition) is 2. The van der Waals surface area contributed by atoms with E-state index in [4.69, 9.17) is 9.47 Å². The Hall–Kier alpha value is -3.04. The van der Waals surface area contributed by atoms with Crippen molar-refractivity contribution in [3.63, 3.8) is 0 Å². The summed E-state index contributed by atoms with van der Waals surface area (Å²) < 4.78 is 40.7. The molecule has 0 spiro atoms. The van der Waals surface area contributed by atoms with Crippen LogP contribution in [0.25, 0.3) is 0 Å². The van der Waals surface area contributed by atoms with E-state index in [0.717, 1.165) is 13.1 Å². The number of aryl methyl sites for hydroxylation is 1. The zero-order valence-electron chi connectivity index (χ0n) is 24.0. The molecule has 2 N–H and O–H groups in total. The fourth-order valence-electron chi connectivity index (χ4n) is 4.86. The van der Waals surface area contributed by atoms with Crippen LogP contribution < -0.4 is 10.1 Å². The molecule has 2 amide bonds. The van der Waals surface area contributed by atoms with E-state index in [1.54, 1.807) is 41.6 Å². The third-order valence-electron chi connectivity index (χ3n) is 7.50. The van der Waals surface area contributed by atoms with Crippen molar-refractivity contribution >= 4 is 27.5 Å². The zero-order chi connectivity index (χ0) is 29.7. The molecule has 0 unspecified atom stereocenters. The van der Waals surface area contributed by atoms with Gasteiger partial charge < -0.3 is 29.4 Å². The predicted molar refractivity (Wildman–Crippen MR) is 151 cm³/mol. The van der Waals surface area contributed by atoms with Gasteiger partial charge in [0.2, 0.25) is 5.91 Å². The maximum Gasteiger partial charge on any atom is 0.261 e. The number of imidazole rings is 1. The van der Waals surface area contributed by atoms with Crippen LogP contribution in [0.15, 0.2) is 35.7 Å². The van der Waals surface area contributed by atoms with Crippen LogP contribution in [0.5, 0.6) is 5.75 Å². The van der Waals surface area contributed by atoms with Crippen molar-refractivity contribution in [2.24, 2.45) is 13.0 Å². The number of likely N-dealkylation sites (N-methyl/N-ethyl adjacent to an activating group) is 1. The number of rotatable bonds is 10. The summed E-state index contributed by atoms with van der Waals surface area (Å²) >= 11 is 0. The summed E-state index contributed by atoms with van der Waals surface area (Å²) in [6.45, 7) is 7.12. The molecule has 1 aromatic carbocycles. The normalized spacial score (nSPS) is 21.1. The Kier molecular flexibility index (Phi) is 10.0. The molecule has 226 valence electrons. The Morgan fingerprint density at radius 3 is 2.68 bits per heavy atom. The topological polar surface area (TPSA) is 147 Å². The third-order valence-corrected chi connectivity index (χ3v) is 9.21. The van der Waals surface area contributed by atoms with Gasteiger partial charge in [-0.1, -0.05) is 6.92 Å². The van der Waals surface area contributed by atoms with Crippen molar-refractivity contribution in [2.45, 2.75) is 37.4 Å². The Bertz CT molecular complexity index is 1330. The first-order chi connectivity index (χ1) is 19.5. The number of carbonyl (C=O) groups is 2. The van der Waals surface area contributed by atoms with E-state index < -0.39 is 22.2 Å². The van der Waals surface area contributed by atoms with Gasteiger partial charge in [-0.2, -0.15) is 4.31 Å². The number of benzene rings is 1. The van der Waals surface area contributed by atoms with E-state index in [2.05, 4.69) is 15.2 Å². The Balaban J connectivity index is 1.55. The van der Waals surface area contributed by atoms with Gasteiger partial charge in [0.25, 0.3) is 15.9 Å². The van der Waals surface area contributed by atoms with Gasteiger partial charge in [-0.15, -0.1) is 0 Å². The molecule has 1 fully saturated rings. The molecule has 0 saturated carbocycles. The van der Waals surface area contributed by atoms with Gasteiger partial charge in [0.1, 0.15) is 11.9 Å². The van der Waals surface area contributed by atoms with Crippen LogP contribution in [0.4, 0.5) is 5.69 Å². The van der Waals surface area contributed by atoms with Crippen LogP contribution in [0.2, 0.25) is 0 Å². The highest BCUT2D eigenvalue weighted by Gasteiger charge is 2.35. The molecule has 2 aliphatic rings. The van der Waals surface area contributed by atoms with Crippen molar-refractivity contribution in [3.8, 4) is 5.75 Å². The highest BCUT2D eigenvalue weighted by Crippen LogP contribution is 2.31. The quantitative estimate of drug-likeness (QED) is 0.405. The van der Waals surface area contributed by atoms with Gasteiger partial charge in [-0.25, -0.2) is 13.4 Å². The molecule has 3 atom stereocenters. The summed E-state index contributed by atoms with van der Waals surface area (Å²) in [5.74, 6) is -0.520. The average molecular weight is 593 g/mol. The molecular weight excluding hydrogens is 552 g/mol. The van der Waals surface area contributed by atoms with Gasteiger partial charge in [0.15, 0.2) is 5.03 Å². The number of fused-ring (bicyclic) bond motifs is 1. The van der Waals surface area contributed by atoms with Gasteiger partial charge in [0, 0.05) is 64.5 Å². The number of ether oxygens (including phenoxy) is 2. The summed E-state index contributed by atoms with van der Waals surface area (Å²) in [4.78, 5) is 34.1. The molecule has 3 heterocycles. The molecule has 2 aliphatic heterocycles. The van der Waals surface area contributed by atoms with Crippen molar-refractivity contribution in [1.29, 1.82) is 0 Å². The minimum Gasteiger partial charge on any atom is -0.488 e. The molecule has 41 heavy (non-hydrogen) atoms. The first-order valence-electron chi connectivity index (χ1n) is 13.8. The molecule has 4 rings (SSSR count). The summed E-state index contributed by atoms with van der Waals surface area (Å²) in [5, 5.41) is 12.7. The number of aromatic nitrogens is 2. The maximum atomic E-state index is 13.7. The lowest BCUT2D eigenvalue weighted by atomic mass is 9.99. The van der Waals surface area contributed by atoms with Crippen molar-refractivity contribution < 1.29 is 32.6 Å². The van der Waals surface area contributed by atoms with Gasteiger partial charge in [-0.3, -0.25) is 14.5 Å². The van der Waals surface area contributed by atoms with Crippen LogP contribution in [-0.2, 0) is 26.6 Å². The molecule has 0 aliphatic carbocycles. The zero-order valence-corrected chi connectivity index (χ0v) is 24.8. The molecule has 0 radical (unpaired) electrons. The predicted octanol–water partition coefficient (Wildman–Crippen LogP) is 0.622. The molecule has 0 bridgehead atoms. The van der Waals surface area contributed by atoms with Crippen molar-refractivity contribution in [1.82, 2.24) is 23.7 Å². The summed E-state index contributed by atoms with van der Waals surface area (Å²) in [6, 6.07) is 4.36. The minimum atomic E-state index is -3.88. The number of aliphatic hydroxyl groups excluding tert-OH is 1. The number of amides is 2. The van der Waals surface area contributed by atoms with Crippen LogP contribution in [0.3, 0.4) is 0 Å². The minimum absolute atomic E-state index is 0.00901. The number of nitrogens with zero attached hydrogens (tertiary/aromatic N) is 5. The number of carbonyl (C=O) groups excluding carboxylic acids is 2. The van der Waals surface area contributed by atoms with Gasteiger partial charge >= 0.3 is 0 Å². The van der Waals surface area contributed by atoms with E-state index in [0.29, 0.717) is 31.9 Å². The van der Waals surface area contributed by atoms with Crippen molar-refractivity contribution in [3.05, 3.63) is 36.3 Å². The fraction of sp³-hybridized carbons (Fsp3) is 0.593. The molecule has 2 aromatic rings. The first kappa shape index (κ1) is 30.9. The second kappa shape index (κ2) is 13.3. The standard InChI is InChI=1S/C27H40N6O7S/c1-19-14-33(20(2)17-34)27(36)22-13-21(29-25(35)7-8-32-9-11-39-12-10-32)5-6-23(22)40-24(19)15-31(4)41(37,38)26-16-30(3)18-28-26/h5-6,13,16,18-20,24,34H,7-12,14-15,17H2,1-4H3,(H,29,35)/t19-,20+,24+/m0/s1. The van der Waals surface area contributed by atoms with Gasteiger partial charge in [-0.05, 0) is 25.1 Å². The van der Waals surface area contributed by atoms with E-state index in [1.165, 1.54) is 23.9 Å². The Labute approximate surface area is 241 Å². The summed E-state index contributed by atoms with van der Waals surface area (Å²) in [6.07, 6.45) is 2.54. The second-order valence-corrected chi connectivity index (χ2v) is 12.7. The molecule has 1 saturated heterocycles. The lowest BCUT2D eigenvalue weighted by molar-refractivity contribution is -0.116. The third kappa shape index (κ3) is 7.43. The number of nitrogens with one attached hydrogen (secondary N) is 1. The molecule has 13 nitrogen and oxygen atoms in total. The van der Waals surface area contributed by atoms with Gasteiger partial charge in [0.05, 0.1) is 44.3 Å². The number of anilines is 1. The molecule has 1 aromatic heterocycles. The highest BCUT2D eigenvalue weighted by molar-refractivity contribution is 7.89. The fourth-order valence-corrected chi connectivity index (χ4v) is 6.00. The van der Waals surface area contributed by atoms with Crippen LogP contribution in [0, 0.1) is 5.92 Å². The summed E-state index contributed by atoms with van der Waals surface area (Å²) in [7, 11) is -0.717. The van der Waals surface area contributed by atoms with E-state index >= 15 is 0 Å². The second-order valence-electron chi connectivity index (χ2n) is 10.7. The molecule has 14 heteroatoms. The van der Waals surface area contributed by atoms with Crippen molar-refractivity contribution in [2.75, 3.05) is 64.9 Å². The number of sulfonamides is 1. The number of aliphatic hydroxyl groups is 1. The monoisotopic (exact) mass is 592 g/mol. The van der Waals surface area contributed by atoms with E-state index in [1.807, 2.05) is 6.92 Å². The number of hydrogen-bond acceptors (Lipinski definition) is 9. The Morgan fingerprint density at radius 2 is 2.02 bits per heavy atom.